The number of hydrogen-bond acceptors (Lipinski definition) is 4. The van der Waals surface area contributed by atoms with Crippen molar-refractivity contribution in [2.75, 3.05) is 18.5 Å². The van der Waals surface area contributed by atoms with Gasteiger partial charge in [0, 0.05) is 26.3 Å². The lowest BCUT2D eigenvalue weighted by molar-refractivity contribution is 0.725. The highest BCUT2D eigenvalue weighted by atomic mass is 79.9. The molecule has 5 heteroatoms. The van der Waals surface area contributed by atoms with E-state index in [4.69, 9.17) is 0 Å². The number of rotatable bonds is 6. The van der Waals surface area contributed by atoms with E-state index in [0.29, 0.717) is 0 Å². The third kappa shape index (κ3) is 4.30. The zero-order valence-corrected chi connectivity index (χ0v) is 13.6. The van der Waals surface area contributed by atoms with Gasteiger partial charge in [-0.25, -0.2) is 4.98 Å². The molecule has 2 aromatic rings. The molecule has 0 unspecified atom stereocenters. The number of nitrogens with one attached hydrogen (secondary N) is 1. The summed E-state index contributed by atoms with van der Waals surface area (Å²) in [6.45, 7) is 4.86. The van der Waals surface area contributed by atoms with E-state index < -0.39 is 0 Å². The number of thiophene rings is 1. The van der Waals surface area contributed by atoms with Gasteiger partial charge in [0.15, 0.2) is 0 Å². The van der Waals surface area contributed by atoms with Gasteiger partial charge in [0.2, 0.25) is 0 Å². The first kappa shape index (κ1) is 14.5. The van der Waals surface area contributed by atoms with Gasteiger partial charge in [-0.3, -0.25) is 0 Å². The predicted molar refractivity (Wildman–Crippen MR) is 85.7 cm³/mol. The second kappa shape index (κ2) is 7.03. The summed E-state index contributed by atoms with van der Waals surface area (Å²) in [5, 5.41) is 5.50. The molecule has 19 heavy (non-hydrogen) atoms. The van der Waals surface area contributed by atoms with Crippen molar-refractivity contribution in [3.05, 3.63) is 44.7 Å². The summed E-state index contributed by atoms with van der Waals surface area (Å²) in [6.07, 6.45) is 1.88. The zero-order chi connectivity index (χ0) is 13.7. The summed E-state index contributed by atoms with van der Waals surface area (Å²) >= 11 is 5.21. The molecule has 0 aliphatic rings. The molecular weight excluding hydrogens is 322 g/mol. The van der Waals surface area contributed by atoms with Crippen LogP contribution in [0.15, 0.2) is 33.6 Å². The molecule has 0 bridgehead atoms. The van der Waals surface area contributed by atoms with E-state index >= 15 is 0 Å². The van der Waals surface area contributed by atoms with Gasteiger partial charge in [0.25, 0.3) is 0 Å². The second-order valence-corrected chi connectivity index (χ2v) is 6.71. The topological polar surface area (TPSA) is 28.2 Å². The fourth-order valence-corrected chi connectivity index (χ4v) is 3.03. The second-order valence-electron chi connectivity index (χ2n) is 4.42. The molecule has 0 fully saturated rings. The lowest BCUT2D eigenvalue weighted by atomic mass is 10.2. The minimum absolute atomic E-state index is 0.875. The van der Waals surface area contributed by atoms with E-state index in [1.165, 1.54) is 14.9 Å². The standard InChI is InChI=1S/C14H18BrN3S/c1-3-16-8-11-4-5-17-14(7-11)18(2)9-12-6-13(15)19-10-12/h4-7,10,16H,3,8-9H2,1-2H3. The molecule has 1 N–H and O–H groups in total. The third-order valence-electron chi connectivity index (χ3n) is 2.82. The molecule has 102 valence electrons. The molecule has 0 amide bonds. The van der Waals surface area contributed by atoms with Crippen LogP contribution in [0.4, 0.5) is 5.82 Å². The molecule has 2 aromatic heterocycles. The van der Waals surface area contributed by atoms with Crippen molar-refractivity contribution in [1.82, 2.24) is 10.3 Å². The van der Waals surface area contributed by atoms with Crippen LogP contribution in [0, 0.1) is 0 Å². The molecule has 0 atom stereocenters. The smallest absolute Gasteiger partial charge is 0.128 e. The number of anilines is 1. The van der Waals surface area contributed by atoms with Gasteiger partial charge < -0.3 is 10.2 Å². The van der Waals surface area contributed by atoms with Gasteiger partial charge in [-0.1, -0.05) is 6.92 Å². The van der Waals surface area contributed by atoms with Crippen LogP contribution in [-0.2, 0) is 13.1 Å². The van der Waals surface area contributed by atoms with Crippen LogP contribution >= 0.6 is 27.3 Å². The maximum absolute atomic E-state index is 4.44. The normalized spacial score (nSPS) is 10.7. The fraction of sp³-hybridized carbons (Fsp3) is 0.357. The van der Waals surface area contributed by atoms with E-state index in [0.717, 1.165) is 25.5 Å². The molecule has 3 nitrogen and oxygen atoms in total. The number of halogens is 1. The van der Waals surface area contributed by atoms with Gasteiger partial charge in [0.1, 0.15) is 5.82 Å². The van der Waals surface area contributed by atoms with Gasteiger partial charge in [-0.2, -0.15) is 0 Å². The lowest BCUT2D eigenvalue weighted by Crippen LogP contribution is -2.18. The van der Waals surface area contributed by atoms with Crippen LogP contribution in [0.5, 0.6) is 0 Å². The highest BCUT2D eigenvalue weighted by Gasteiger charge is 2.06. The minimum Gasteiger partial charge on any atom is -0.355 e. The average Bonchev–Trinajstić information content (AvgIpc) is 2.82. The first-order chi connectivity index (χ1) is 9.19. The maximum atomic E-state index is 4.44. The van der Waals surface area contributed by atoms with Crippen LogP contribution < -0.4 is 10.2 Å². The summed E-state index contributed by atoms with van der Waals surface area (Å²) in [5.41, 5.74) is 2.57. The first-order valence-corrected chi connectivity index (χ1v) is 7.96. The Balaban J connectivity index is 2.03. The summed E-state index contributed by atoms with van der Waals surface area (Å²) in [5.74, 6) is 1.01. The quantitative estimate of drug-likeness (QED) is 0.870. The van der Waals surface area contributed by atoms with Crippen molar-refractivity contribution in [3.8, 4) is 0 Å². The molecule has 2 rings (SSSR count). The van der Waals surface area contributed by atoms with E-state index in [-0.39, 0.29) is 0 Å². The highest BCUT2D eigenvalue weighted by molar-refractivity contribution is 9.11. The van der Waals surface area contributed by atoms with E-state index in [1.54, 1.807) is 11.3 Å². The molecule has 0 radical (unpaired) electrons. The van der Waals surface area contributed by atoms with Crippen LogP contribution in [0.2, 0.25) is 0 Å². The lowest BCUT2D eigenvalue weighted by Gasteiger charge is -2.18. The van der Waals surface area contributed by atoms with Crippen molar-refractivity contribution in [2.45, 2.75) is 20.0 Å². The SMILES string of the molecule is CCNCc1ccnc(N(C)Cc2csc(Br)c2)c1. The van der Waals surface area contributed by atoms with E-state index in [1.807, 2.05) is 6.20 Å². The molecule has 0 spiro atoms. The molecule has 0 aliphatic heterocycles. The van der Waals surface area contributed by atoms with Gasteiger partial charge in [0.05, 0.1) is 3.79 Å². The molecular formula is C14H18BrN3S. The highest BCUT2D eigenvalue weighted by Crippen LogP contribution is 2.23. The third-order valence-corrected chi connectivity index (χ3v) is 4.37. The monoisotopic (exact) mass is 339 g/mol. The van der Waals surface area contributed by atoms with Gasteiger partial charge in [-0.15, -0.1) is 11.3 Å². The van der Waals surface area contributed by atoms with Crippen LogP contribution in [0.1, 0.15) is 18.1 Å². The Bertz CT molecular complexity index is 527. The molecule has 0 aliphatic carbocycles. The molecule has 0 saturated heterocycles. The van der Waals surface area contributed by atoms with Crippen LogP contribution in [0.3, 0.4) is 0 Å². The number of pyridine rings is 1. The number of hydrogen-bond donors (Lipinski definition) is 1. The Morgan fingerprint density at radius 3 is 2.89 bits per heavy atom. The fourth-order valence-electron chi connectivity index (χ4n) is 1.83. The Hall–Kier alpha value is -0.910. The Morgan fingerprint density at radius 2 is 2.21 bits per heavy atom. The summed E-state index contributed by atoms with van der Waals surface area (Å²) in [6, 6.07) is 6.36. The van der Waals surface area contributed by atoms with Crippen molar-refractivity contribution >= 4 is 33.1 Å². The summed E-state index contributed by atoms with van der Waals surface area (Å²) in [4.78, 5) is 6.61. The summed E-state index contributed by atoms with van der Waals surface area (Å²) < 4.78 is 1.17. The summed E-state index contributed by atoms with van der Waals surface area (Å²) in [7, 11) is 2.07. The van der Waals surface area contributed by atoms with E-state index in [9.17, 15) is 0 Å². The average molecular weight is 340 g/mol. The van der Waals surface area contributed by atoms with Gasteiger partial charge in [-0.05, 0) is 57.2 Å². The largest absolute Gasteiger partial charge is 0.355 e. The van der Waals surface area contributed by atoms with Crippen molar-refractivity contribution in [2.24, 2.45) is 0 Å². The Labute approximate surface area is 126 Å². The molecule has 0 saturated carbocycles. The zero-order valence-electron chi connectivity index (χ0n) is 11.2. The predicted octanol–water partition coefficient (Wildman–Crippen LogP) is 3.65. The first-order valence-electron chi connectivity index (χ1n) is 6.28. The van der Waals surface area contributed by atoms with Crippen molar-refractivity contribution in [3.63, 3.8) is 0 Å². The van der Waals surface area contributed by atoms with Crippen LogP contribution in [-0.4, -0.2) is 18.6 Å². The minimum atomic E-state index is 0.875. The number of nitrogens with zero attached hydrogens (tertiary/aromatic N) is 2. The van der Waals surface area contributed by atoms with Crippen molar-refractivity contribution < 1.29 is 0 Å². The molecule has 2 heterocycles. The van der Waals surface area contributed by atoms with Crippen LogP contribution in [0.25, 0.3) is 0 Å². The van der Waals surface area contributed by atoms with E-state index in [2.05, 4.69) is 68.7 Å². The number of aromatic nitrogens is 1. The molecule has 0 aromatic carbocycles. The Morgan fingerprint density at radius 1 is 1.37 bits per heavy atom. The van der Waals surface area contributed by atoms with Gasteiger partial charge >= 0.3 is 0 Å². The Kier molecular flexibility index (Phi) is 5.36. The van der Waals surface area contributed by atoms with Crippen molar-refractivity contribution in [1.29, 1.82) is 0 Å². The maximum Gasteiger partial charge on any atom is 0.128 e.